The van der Waals surface area contributed by atoms with E-state index in [1.54, 1.807) is 4.57 Å². The van der Waals surface area contributed by atoms with Gasteiger partial charge in [-0.1, -0.05) is 12.1 Å². The van der Waals surface area contributed by atoms with E-state index in [1.807, 2.05) is 12.1 Å². The molecule has 4 heteroatoms. The topological polar surface area (TPSA) is 60.0 Å². The molecule has 1 aromatic carbocycles. The van der Waals surface area contributed by atoms with Gasteiger partial charge in [0.1, 0.15) is 0 Å². The lowest BCUT2D eigenvalue weighted by Gasteiger charge is -2.15. The van der Waals surface area contributed by atoms with Crippen LogP contribution in [0.25, 0.3) is 10.9 Å². The highest BCUT2D eigenvalue weighted by Gasteiger charge is 2.22. The standard InChI is InChI=1S/C13H15N3O/c1-8-3-2-4-10-12(8)9-5-6-15-7-11(9)16(10)13(14)17/h2-4,15H,5-7H2,1H3,(H2,14,17). The minimum Gasteiger partial charge on any atom is -0.351 e. The zero-order valence-electron chi connectivity index (χ0n) is 9.79. The number of hydrogen-bond donors (Lipinski definition) is 2. The van der Waals surface area contributed by atoms with Gasteiger partial charge in [0.2, 0.25) is 0 Å². The van der Waals surface area contributed by atoms with E-state index >= 15 is 0 Å². The van der Waals surface area contributed by atoms with Gasteiger partial charge in [0.25, 0.3) is 0 Å². The molecule has 17 heavy (non-hydrogen) atoms. The molecule has 0 radical (unpaired) electrons. The molecule has 2 aromatic rings. The van der Waals surface area contributed by atoms with Crippen molar-refractivity contribution in [1.82, 2.24) is 9.88 Å². The molecule has 1 aromatic heterocycles. The molecule has 0 unspecified atom stereocenters. The van der Waals surface area contributed by atoms with Crippen molar-refractivity contribution in [3.8, 4) is 0 Å². The zero-order valence-corrected chi connectivity index (χ0v) is 9.79. The number of nitrogens with one attached hydrogen (secondary N) is 1. The fourth-order valence-corrected chi connectivity index (χ4v) is 2.78. The van der Waals surface area contributed by atoms with E-state index in [2.05, 4.69) is 18.3 Å². The number of rotatable bonds is 0. The first-order valence-electron chi connectivity index (χ1n) is 5.82. The van der Waals surface area contributed by atoms with Crippen LogP contribution in [0.1, 0.15) is 16.8 Å². The molecule has 0 atom stereocenters. The van der Waals surface area contributed by atoms with Gasteiger partial charge >= 0.3 is 6.03 Å². The maximum absolute atomic E-state index is 11.6. The van der Waals surface area contributed by atoms with Crippen molar-refractivity contribution in [1.29, 1.82) is 0 Å². The van der Waals surface area contributed by atoms with E-state index < -0.39 is 6.03 Å². The lowest BCUT2D eigenvalue weighted by molar-refractivity contribution is 0.250. The molecule has 1 amide bonds. The Hall–Kier alpha value is -1.81. The van der Waals surface area contributed by atoms with Crippen LogP contribution in [0.15, 0.2) is 18.2 Å². The van der Waals surface area contributed by atoms with Gasteiger partial charge in [-0.15, -0.1) is 0 Å². The number of aryl methyl sites for hydroxylation is 1. The summed E-state index contributed by atoms with van der Waals surface area (Å²) in [6.07, 6.45) is 0.955. The monoisotopic (exact) mass is 229 g/mol. The van der Waals surface area contributed by atoms with Gasteiger partial charge in [-0.25, -0.2) is 4.79 Å². The molecule has 0 aliphatic carbocycles. The average molecular weight is 229 g/mol. The van der Waals surface area contributed by atoms with Crippen LogP contribution in [0, 0.1) is 6.92 Å². The Bertz CT molecular complexity index is 613. The zero-order chi connectivity index (χ0) is 12.0. The quantitative estimate of drug-likeness (QED) is 0.719. The van der Waals surface area contributed by atoms with Crippen molar-refractivity contribution in [3.05, 3.63) is 35.0 Å². The Morgan fingerprint density at radius 3 is 3.06 bits per heavy atom. The second-order valence-electron chi connectivity index (χ2n) is 4.49. The van der Waals surface area contributed by atoms with E-state index in [-0.39, 0.29) is 0 Å². The Morgan fingerprint density at radius 1 is 1.47 bits per heavy atom. The van der Waals surface area contributed by atoms with Crippen molar-refractivity contribution in [2.24, 2.45) is 5.73 Å². The third-order valence-electron chi connectivity index (χ3n) is 3.48. The van der Waals surface area contributed by atoms with E-state index in [9.17, 15) is 4.79 Å². The molecule has 88 valence electrons. The number of aromatic nitrogens is 1. The number of nitrogens with zero attached hydrogens (tertiary/aromatic N) is 1. The first-order chi connectivity index (χ1) is 8.20. The van der Waals surface area contributed by atoms with Gasteiger partial charge in [0, 0.05) is 17.6 Å². The minimum absolute atomic E-state index is 0.398. The summed E-state index contributed by atoms with van der Waals surface area (Å²) in [7, 11) is 0. The van der Waals surface area contributed by atoms with Gasteiger partial charge < -0.3 is 11.1 Å². The minimum atomic E-state index is -0.398. The molecule has 0 spiro atoms. The predicted octanol–water partition coefficient (Wildman–Crippen LogP) is 1.52. The van der Waals surface area contributed by atoms with Crippen LogP contribution in [0.3, 0.4) is 0 Å². The summed E-state index contributed by atoms with van der Waals surface area (Å²) < 4.78 is 1.64. The second-order valence-corrected chi connectivity index (χ2v) is 4.49. The van der Waals surface area contributed by atoms with Crippen LogP contribution >= 0.6 is 0 Å². The number of carbonyl (C=O) groups excluding carboxylic acids is 1. The summed E-state index contributed by atoms with van der Waals surface area (Å²) in [5, 5.41) is 4.49. The molecule has 1 aliphatic heterocycles. The fraction of sp³-hybridized carbons (Fsp3) is 0.308. The molecule has 2 heterocycles. The number of primary amides is 1. The lowest BCUT2D eigenvalue weighted by atomic mass is 10.0. The Morgan fingerprint density at radius 2 is 2.29 bits per heavy atom. The van der Waals surface area contributed by atoms with E-state index in [0.717, 1.165) is 24.2 Å². The average Bonchev–Trinajstić information content (AvgIpc) is 2.64. The molecular weight excluding hydrogens is 214 g/mol. The molecular formula is C13H15N3O. The van der Waals surface area contributed by atoms with Gasteiger partial charge in [0.15, 0.2) is 0 Å². The van der Waals surface area contributed by atoms with Crippen molar-refractivity contribution in [3.63, 3.8) is 0 Å². The summed E-state index contributed by atoms with van der Waals surface area (Å²) >= 11 is 0. The lowest BCUT2D eigenvalue weighted by Crippen LogP contribution is -2.29. The first kappa shape index (κ1) is 10.4. The maximum atomic E-state index is 11.6. The summed E-state index contributed by atoms with van der Waals surface area (Å²) in [5.41, 5.74) is 9.94. The van der Waals surface area contributed by atoms with E-state index in [1.165, 1.54) is 16.5 Å². The largest absolute Gasteiger partial charge is 0.351 e. The van der Waals surface area contributed by atoms with E-state index in [4.69, 9.17) is 5.73 Å². The number of hydrogen-bond acceptors (Lipinski definition) is 2. The number of benzene rings is 1. The van der Waals surface area contributed by atoms with Crippen molar-refractivity contribution in [2.45, 2.75) is 19.9 Å². The molecule has 3 N–H and O–H groups in total. The number of nitrogens with two attached hydrogens (primary N) is 1. The molecule has 4 nitrogen and oxygen atoms in total. The molecule has 0 bridgehead atoms. The third kappa shape index (κ3) is 1.37. The highest BCUT2D eigenvalue weighted by Crippen LogP contribution is 2.30. The Balaban J connectivity index is 2.46. The molecule has 0 fully saturated rings. The highest BCUT2D eigenvalue weighted by atomic mass is 16.2. The molecule has 0 saturated heterocycles. The summed E-state index contributed by atoms with van der Waals surface area (Å²) in [4.78, 5) is 11.6. The van der Waals surface area contributed by atoms with Crippen LogP contribution in [0.4, 0.5) is 4.79 Å². The Labute approximate surface area is 99.4 Å². The van der Waals surface area contributed by atoms with E-state index in [0.29, 0.717) is 6.54 Å². The molecule has 0 saturated carbocycles. The maximum Gasteiger partial charge on any atom is 0.323 e. The number of amides is 1. The van der Waals surface area contributed by atoms with Gasteiger partial charge in [0.05, 0.1) is 5.52 Å². The SMILES string of the molecule is Cc1cccc2c1c1c(n2C(N)=O)CNCC1. The van der Waals surface area contributed by atoms with Crippen LogP contribution in [-0.4, -0.2) is 17.1 Å². The molecule has 3 rings (SSSR count). The Kier molecular flexibility index (Phi) is 2.19. The fourth-order valence-electron chi connectivity index (χ4n) is 2.78. The normalized spacial score (nSPS) is 14.9. The van der Waals surface area contributed by atoms with Crippen molar-refractivity contribution < 1.29 is 4.79 Å². The highest BCUT2D eigenvalue weighted by molar-refractivity contribution is 5.96. The molecule has 1 aliphatic rings. The third-order valence-corrected chi connectivity index (χ3v) is 3.48. The first-order valence-corrected chi connectivity index (χ1v) is 5.82. The number of fused-ring (bicyclic) bond motifs is 3. The van der Waals surface area contributed by atoms with Crippen LogP contribution < -0.4 is 11.1 Å². The predicted molar refractivity (Wildman–Crippen MR) is 67.1 cm³/mol. The summed E-state index contributed by atoms with van der Waals surface area (Å²) in [6, 6.07) is 5.61. The van der Waals surface area contributed by atoms with Crippen molar-refractivity contribution >= 4 is 16.9 Å². The van der Waals surface area contributed by atoms with Gasteiger partial charge in [-0.05, 0) is 37.1 Å². The van der Waals surface area contributed by atoms with Crippen molar-refractivity contribution in [2.75, 3.05) is 6.54 Å². The van der Waals surface area contributed by atoms with Gasteiger partial charge in [-0.3, -0.25) is 4.57 Å². The van der Waals surface area contributed by atoms with Crippen LogP contribution in [-0.2, 0) is 13.0 Å². The van der Waals surface area contributed by atoms with Crippen LogP contribution in [0.5, 0.6) is 0 Å². The van der Waals surface area contributed by atoms with Crippen LogP contribution in [0.2, 0.25) is 0 Å². The second kappa shape index (κ2) is 3.60. The smallest absolute Gasteiger partial charge is 0.323 e. The summed E-state index contributed by atoms with van der Waals surface area (Å²) in [5.74, 6) is 0. The number of carbonyl (C=O) groups is 1. The van der Waals surface area contributed by atoms with Gasteiger partial charge in [-0.2, -0.15) is 0 Å². The summed E-state index contributed by atoms with van der Waals surface area (Å²) in [6.45, 7) is 3.75.